The number of aromatic hydroxyl groups is 1. The summed E-state index contributed by atoms with van der Waals surface area (Å²) < 4.78 is 7.88. The summed E-state index contributed by atoms with van der Waals surface area (Å²) in [5, 5.41) is 22.3. The van der Waals surface area contributed by atoms with Crippen LogP contribution in [-0.2, 0) is 24.1 Å². The van der Waals surface area contributed by atoms with Gasteiger partial charge < -0.3 is 19.5 Å². The lowest BCUT2D eigenvalue weighted by atomic mass is 10.0. The monoisotopic (exact) mass is 491 g/mol. The number of fused-ring (bicyclic) bond motifs is 1. The van der Waals surface area contributed by atoms with Crippen LogP contribution in [0.5, 0.6) is 5.75 Å². The van der Waals surface area contributed by atoms with Gasteiger partial charge in [0.2, 0.25) is 0 Å². The van der Waals surface area contributed by atoms with Crippen LogP contribution < -0.4 is 0 Å². The Bertz CT molecular complexity index is 1080. The van der Waals surface area contributed by atoms with E-state index >= 15 is 0 Å². The van der Waals surface area contributed by atoms with E-state index in [1.807, 2.05) is 29.8 Å². The van der Waals surface area contributed by atoms with Gasteiger partial charge in [0.1, 0.15) is 5.75 Å². The molecule has 2 N–H and O–H groups in total. The number of aromatic carboxylic acids is 1. The number of aryl methyl sites for hydroxylation is 1. The standard InChI is InChI=1S/C21H22BrN3O4S/c1-24-15-10-14(22)20(26)13(11-25-6-8-29-9-7-25)18(15)19(21(27)28)16(24)12-30-17-4-2-3-5-23-17/h2-5,10,26H,6-9,11-12H2,1H3,(H,27,28). The van der Waals surface area contributed by atoms with Crippen molar-refractivity contribution in [1.82, 2.24) is 14.5 Å². The number of thioether (sulfide) groups is 1. The third-order valence-electron chi connectivity index (χ3n) is 5.33. The van der Waals surface area contributed by atoms with Crippen molar-refractivity contribution in [2.45, 2.75) is 17.3 Å². The Kier molecular flexibility index (Phi) is 6.33. The number of carboxylic acid groups (broad SMARTS) is 1. The number of carbonyl (C=O) groups is 1. The molecule has 0 radical (unpaired) electrons. The van der Waals surface area contributed by atoms with Crippen LogP contribution in [0.1, 0.15) is 21.6 Å². The molecule has 9 heteroatoms. The fraction of sp³-hybridized carbons (Fsp3) is 0.333. The highest BCUT2D eigenvalue weighted by Crippen LogP contribution is 2.40. The molecule has 0 aliphatic carbocycles. The second kappa shape index (κ2) is 8.97. The average molecular weight is 492 g/mol. The summed E-state index contributed by atoms with van der Waals surface area (Å²) >= 11 is 4.93. The molecule has 7 nitrogen and oxygen atoms in total. The topological polar surface area (TPSA) is 87.8 Å². The molecule has 1 aromatic carbocycles. The van der Waals surface area contributed by atoms with E-state index in [1.54, 1.807) is 12.3 Å². The lowest BCUT2D eigenvalue weighted by Crippen LogP contribution is -2.35. The summed E-state index contributed by atoms with van der Waals surface area (Å²) in [5.74, 6) is -0.452. The van der Waals surface area contributed by atoms with Crippen LogP contribution in [0.15, 0.2) is 40.0 Å². The Hall–Kier alpha value is -2.07. The van der Waals surface area contributed by atoms with Gasteiger partial charge >= 0.3 is 5.97 Å². The Balaban J connectivity index is 1.82. The van der Waals surface area contributed by atoms with Gasteiger partial charge in [0.15, 0.2) is 0 Å². The van der Waals surface area contributed by atoms with Crippen molar-refractivity contribution in [3.63, 3.8) is 0 Å². The van der Waals surface area contributed by atoms with Gasteiger partial charge in [-0.1, -0.05) is 6.07 Å². The van der Waals surface area contributed by atoms with E-state index < -0.39 is 5.97 Å². The van der Waals surface area contributed by atoms with Crippen molar-refractivity contribution in [3.8, 4) is 5.75 Å². The molecule has 30 heavy (non-hydrogen) atoms. The predicted molar refractivity (Wildman–Crippen MR) is 119 cm³/mol. The minimum absolute atomic E-state index is 0.0889. The van der Waals surface area contributed by atoms with E-state index in [4.69, 9.17) is 4.74 Å². The van der Waals surface area contributed by atoms with Gasteiger partial charge in [0, 0.05) is 55.3 Å². The zero-order valence-electron chi connectivity index (χ0n) is 16.5. The summed E-state index contributed by atoms with van der Waals surface area (Å²) in [7, 11) is 1.87. The molecule has 158 valence electrons. The highest BCUT2D eigenvalue weighted by Gasteiger charge is 2.27. The van der Waals surface area contributed by atoms with Crippen molar-refractivity contribution in [1.29, 1.82) is 0 Å². The molecule has 0 saturated carbocycles. The Morgan fingerprint density at radius 3 is 2.77 bits per heavy atom. The van der Waals surface area contributed by atoms with Crippen LogP contribution in [-0.4, -0.2) is 56.9 Å². The van der Waals surface area contributed by atoms with Crippen molar-refractivity contribution >= 4 is 44.6 Å². The largest absolute Gasteiger partial charge is 0.506 e. The number of aromatic nitrogens is 2. The Morgan fingerprint density at radius 2 is 2.10 bits per heavy atom. The smallest absolute Gasteiger partial charge is 0.338 e. The zero-order chi connectivity index (χ0) is 21.3. The summed E-state index contributed by atoms with van der Waals surface area (Å²) in [6.07, 6.45) is 1.72. The molecular formula is C21H22BrN3O4S. The number of hydrogen-bond donors (Lipinski definition) is 2. The summed E-state index contributed by atoms with van der Waals surface area (Å²) in [5.41, 5.74) is 2.33. The number of morpholine rings is 1. The molecule has 1 aliphatic heterocycles. The maximum Gasteiger partial charge on any atom is 0.338 e. The molecule has 1 saturated heterocycles. The van der Waals surface area contributed by atoms with E-state index in [9.17, 15) is 15.0 Å². The Morgan fingerprint density at radius 1 is 1.33 bits per heavy atom. The van der Waals surface area contributed by atoms with Crippen LogP contribution in [0.2, 0.25) is 0 Å². The van der Waals surface area contributed by atoms with Gasteiger partial charge in [0.05, 0.1) is 33.8 Å². The summed E-state index contributed by atoms with van der Waals surface area (Å²) in [6, 6.07) is 7.45. The second-order valence-corrected chi connectivity index (χ2v) is 8.96. The first-order valence-corrected chi connectivity index (χ1v) is 11.3. The first-order chi connectivity index (χ1) is 14.5. The molecule has 0 unspecified atom stereocenters. The third-order valence-corrected chi connectivity index (χ3v) is 6.89. The van der Waals surface area contributed by atoms with Gasteiger partial charge in [-0.15, -0.1) is 11.8 Å². The minimum atomic E-state index is -0.998. The maximum atomic E-state index is 12.3. The molecule has 2 aromatic heterocycles. The number of halogens is 1. The lowest BCUT2D eigenvalue weighted by molar-refractivity contribution is 0.0340. The van der Waals surface area contributed by atoms with Crippen LogP contribution in [0.3, 0.4) is 0 Å². The van der Waals surface area contributed by atoms with Crippen LogP contribution >= 0.6 is 27.7 Å². The van der Waals surface area contributed by atoms with Crippen LogP contribution in [0.4, 0.5) is 0 Å². The number of pyridine rings is 1. The fourth-order valence-corrected chi connectivity index (χ4v) is 5.18. The Labute approximate surface area is 186 Å². The zero-order valence-corrected chi connectivity index (χ0v) is 18.9. The highest BCUT2D eigenvalue weighted by molar-refractivity contribution is 9.10. The van der Waals surface area contributed by atoms with Crippen molar-refractivity contribution in [3.05, 3.63) is 51.8 Å². The normalized spacial score (nSPS) is 15.0. The number of nitrogens with zero attached hydrogens (tertiary/aromatic N) is 3. The van der Waals surface area contributed by atoms with Gasteiger partial charge in [-0.2, -0.15) is 0 Å². The number of rotatable bonds is 6. The van der Waals surface area contributed by atoms with Crippen LogP contribution in [0.25, 0.3) is 10.9 Å². The van der Waals surface area contributed by atoms with Gasteiger partial charge in [0.25, 0.3) is 0 Å². The average Bonchev–Trinajstić information content (AvgIpc) is 3.03. The van der Waals surface area contributed by atoms with Gasteiger partial charge in [-0.25, -0.2) is 9.78 Å². The molecule has 0 bridgehead atoms. The molecule has 0 amide bonds. The molecular weight excluding hydrogens is 470 g/mol. The van der Waals surface area contributed by atoms with Crippen molar-refractivity contribution in [2.75, 3.05) is 26.3 Å². The molecule has 3 aromatic rings. The molecule has 4 rings (SSSR count). The van der Waals surface area contributed by atoms with E-state index in [0.29, 0.717) is 46.6 Å². The maximum absolute atomic E-state index is 12.3. The molecule has 0 spiro atoms. The molecule has 1 aliphatic rings. The quantitative estimate of drug-likeness (QED) is 0.506. The predicted octanol–water partition coefficient (Wildman–Crippen LogP) is 3.86. The van der Waals surface area contributed by atoms with E-state index in [2.05, 4.69) is 25.8 Å². The van der Waals surface area contributed by atoms with Crippen LogP contribution in [0, 0.1) is 0 Å². The highest BCUT2D eigenvalue weighted by atomic mass is 79.9. The number of phenols is 1. The number of phenolic OH excluding ortho intramolecular Hbond substituents is 1. The molecule has 0 atom stereocenters. The van der Waals surface area contributed by atoms with E-state index in [0.717, 1.165) is 23.6 Å². The molecule has 1 fully saturated rings. The number of hydrogen-bond acceptors (Lipinski definition) is 6. The fourth-order valence-electron chi connectivity index (χ4n) is 3.79. The first-order valence-electron chi connectivity index (χ1n) is 9.56. The third kappa shape index (κ3) is 4.07. The summed E-state index contributed by atoms with van der Waals surface area (Å²) in [4.78, 5) is 18.8. The first kappa shape index (κ1) is 21.2. The van der Waals surface area contributed by atoms with E-state index in [1.165, 1.54) is 11.8 Å². The minimum Gasteiger partial charge on any atom is -0.506 e. The second-order valence-electron chi connectivity index (χ2n) is 7.11. The SMILES string of the molecule is Cn1c(CSc2ccccn2)c(C(=O)O)c2c(CN3CCOCC3)c(O)c(Br)cc21. The lowest BCUT2D eigenvalue weighted by Gasteiger charge is -2.27. The molecule has 3 heterocycles. The van der Waals surface area contributed by atoms with E-state index in [-0.39, 0.29) is 11.3 Å². The number of ether oxygens (including phenoxy) is 1. The van der Waals surface area contributed by atoms with Gasteiger partial charge in [-0.3, -0.25) is 4.90 Å². The van der Waals surface area contributed by atoms with Crippen molar-refractivity contribution < 1.29 is 19.7 Å². The number of benzene rings is 1. The van der Waals surface area contributed by atoms with Gasteiger partial charge in [-0.05, 0) is 34.1 Å². The van der Waals surface area contributed by atoms with Crippen molar-refractivity contribution in [2.24, 2.45) is 7.05 Å². The summed E-state index contributed by atoms with van der Waals surface area (Å²) in [6.45, 7) is 3.20. The number of carboxylic acids is 1.